The molecule has 1 heteroatoms. The lowest BCUT2D eigenvalue weighted by Crippen LogP contribution is -1.97. The van der Waals surface area contributed by atoms with Gasteiger partial charge in [0, 0.05) is 0 Å². The van der Waals surface area contributed by atoms with Gasteiger partial charge in [0.2, 0.25) is 0 Å². The molecule has 0 aliphatic carbocycles. The third kappa shape index (κ3) is 13.8. The van der Waals surface area contributed by atoms with E-state index in [1.807, 2.05) is 0 Å². The SMILES string of the molecule is CCCCCC/C=C/[SiH](C)/C=C/CCCCCC. The van der Waals surface area contributed by atoms with Gasteiger partial charge in [0.05, 0.1) is 8.80 Å². The number of hydrogen-bond donors (Lipinski definition) is 0. The summed E-state index contributed by atoms with van der Waals surface area (Å²) in [6, 6.07) is 0. The van der Waals surface area contributed by atoms with Crippen LogP contribution in [-0.4, -0.2) is 8.80 Å². The summed E-state index contributed by atoms with van der Waals surface area (Å²) in [7, 11) is -0.681. The zero-order chi connectivity index (χ0) is 13.5. The Morgan fingerprint density at radius 1 is 0.667 bits per heavy atom. The molecule has 0 nitrogen and oxygen atoms in total. The highest BCUT2D eigenvalue weighted by molar-refractivity contribution is 6.68. The lowest BCUT2D eigenvalue weighted by atomic mass is 10.2. The van der Waals surface area contributed by atoms with Gasteiger partial charge in [0.25, 0.3) is 0 Å². The molecule has 0 aliphatic heterocycles. The first-order chi connectivity index (χ1) is 8.81. The fraction of sp³-hybridized carbons (Fsp3) is 0.765. The van der Waals surface area contributed by atoms with Crippen molar-refractivity contribution in [3.8, 4) is 0 Å². The van der Waals surface area contributed by atoms with Crippen LogP contribution in [0.4, 0.5) is 0 Å². The van der Waals surface area contributed by atoms with Crippen molar-refractivity contribution in [2.24, 2.45) is 0 Å². The van der Waals surface area contributed by atoms with E-state index in [0.29, 0.717) is 0 Å². The van der Waals surface area contributed by atoms with Gasteiger partial charge in [-0.1, -0.05) is 82.5 Å². The van der Waals surface area contributed by atoms with Crippen LogP contribution in [0.2, 0.25) is 6.55 Å². The van der Waals surface area contributed by atoms with Crippen LogP contribution in [0.15, 0.2) is 23.6 Å². The summed E-state index contributed by atoms with van der Waals surface area (Å²) in [5.41, 5.74) is 4.99. The van der Waals surface area contributed by atoms with Gasteiger partial charge in [-0.3, -0.25) is 0 Å². The summed E-state index contributed by atoms with van der Waals surface area (Å²) in [6.07, 6.45) is 18.5. The van der Waals surface area contributed by atoms with Gasteiger partial charge in [-0.05, 0) is 25.7 Å². The minimum absolute atomic E-state index is 0.681. The molecule has 0 fully saturated rings. The maximum Gasteiger partial charge on any atom is 0.0814 e. The van der Waals surface area contributed by atoms with Gasteiger partial charge in [-0.15, -0.1) is 0 Å². The van der Waals surface area contributed by atoms with Crippen LogP contribution in [0.5, 0.6) is 0 Å². The Labute approximate surface area is 117 Å². The summed E-state index contributed by atoms with van der Waals surface area (Å²) in [4.78, 5) is 0. The fourth-order valence-corrected chi connectivity index (χ4v) is 3.44. The maximum atomic E-state index is 2.49. The summed E-state index contributed by atoms with van der Waals surface area (Å²) >= 11 is 0. The molecule has 0 saturated carbocycles. The van der Waals surface area contributed by atoms with Crippen LogP contribution in [-0.2, 0) is 0 Å². The van der Waals surface area contributed by atoms with Gasteiger partial charge in [0.1, 0.15) is 0 Å². The van der Waals surface area contributed by atoms with E-state index in [1.165, 1.54) is 64.2 Å². The Morgan fingerprint density at radius 3 is 1.50 bits per heavy atom. The van der Waals surface area contributed by atoms with Gasteiger partial charge in [0.15, 0.2) is 0 Å². The third-order valence-corrected chi connectivity index (χ3v) is 5.09. The summed E-state index contributed by atoms with van der Waals surface area (Å²) in [6.45, 7) is 6.97. The van der Waals surface area contributed by atoms with E-state index in [4.69, 9.17) is 0 Å². The van der Waals surface area contributed by atoms with Gasteiger partial charge >= 0.3 is 0 Å². The van der Waals surface area contributed by atoms with Crippen LogP contribution >= 0.6 is 0 Å². The van der Waals surface area contributed by atoms with Gasteiger partial charge in [-0.2, -0.15) is 0 Å². The predicted octanol–water partition coefficient (Wildman–Crippen LogP) is 5.97. The molecule has 0 N–H and O–H groups in total. The zero-order valence-electron chi connectivity index (χ0n) is 13.0. The van der Waals surface area contributed by atoms with Crippen molar-refractivity contribution >= 4 is 8.80 Å². The first-order valence-electron chi connectivity index (χ1n) is 8.14. The first-order valence-corrected chi connectivity index (χ1v) is 10.6. The van der Waals surface area contributed by atoms with Crippen molar-refractivity contribution in [3.05, 3.63) is 23.6 Å². The summed E-state index contributed by atoms with van der Waals surface area (Å²) in [5.74, 6) is 0. The lowest BCUT2D eigenvalue weighted by Gasteiger charge is -1.98. The average Bonchev–Trinajstić information content (AvgIpc) is 2.38. The van der Waals surface area contributed by atoms with Crippen molar-refractivity contribution in [3.63, 3.8) is 0 Å². The Hall–Kier alpha value is -0.303. The quantitative estimate of drug-likeness (QED) is 0.301. The normalized spacial score (nSPS) is 12.2. The summed E-state index contributed by atoms with van der Waals surface area (Å²) in [5, 5.41) is 0. The standard InChI is InChI=1S/C17H34Si/c1-4-6-8-10-12-14-16-18(3)17-15-13-11-9-7-5-2/h14-18H,4-13H2,1-3H3/b16-14+,17-15+. The van der Waals surface area contributed by atoms with Crippen molar-refractivity contribution < 1.29 is 0 Å². The summed E-state index contributed by atoms with van der Waals surface area (Å²) < 4.78 is 0. The minimum Gasteiger partial charge on any atom is -0.0977 e. The van der Waals surface area contributed by atoms with Crippen LogP contribution in [0.3, 0.4) is 0 Å². The first kappa shape index (κ1) is 17.7. The Balaban J connectivity index is 3.41. The van der Waals surface area contributed by atoms with E-state index in [9.17, 15) is 0 Å². The smallest absolute Gasteiger partial charge is 0.0814 e. The number of allylic oxidation sites excluding steroid dienone is 2. The average molecular weight is 267 g/mol. The topological polar surface area (TPSA) is 0 Å². The second-order valence-electron chi connectivity index (χ2n) is 5.41. The molecule has 0 bridgehead atoms. The molecule has 0 aromatic carbocycles. The molecule has 0 radical (unpaired) electrons. The Bertz CT molecular complexity index is 184. The molecule has 0 heterocycles. The molecule has 0 rings (SSSR count). The van der Waals surface area contributed by atoms with Crippen LogP contribution in [0.25, 0.3) is 0 Å². The molecule has 0 saturated heterocycles. The van der Waals surface area contributed by atoms with E-state index >= 15 is 0 Å². The Morgan fingerprint density at radius 2 is 1.11 bits per heavy atom. The van der Waals surface area contributed by atoms with E-state index in [2.05, 4.69) is 43.9 Å². The number of unbranched alkanes of at least 4 members (excludes halogenated alkanes) is 8. The van der Waals surface area contributed by atoms with Crippen molar-refractivity contribution in [1.82, 2.24) is 0 Å². The molecule has 18 heavy (non-hydrogen) atoms. The van der Waals surface area contributed by atoms with E-state index in [1.54, 1.807) is 0 Å². The van der Waals surface area contributed by atoms with E-state index < -0.39 is 8.80 Å². The molecule has 0 amide bonds. The number of rotatable bonds is 12. The van der Waals surface area contributed by atoms with Crippen LogP contribution < -0.4 is 0 Å². The van der Waals surface area contributed by atoms with Crippen molar-refractivity contribution in [2.45, 2.75) is 84.6 Å². The molecule has 0 aliphatic rings. The second-order valence-corrected chi connectivity index (χ2v) is 7.90. The highest BCUT2D eigenvalue weighted by atomic mass is 28.3. The highest BCUT2D eigenvalue weighted by Gasteiger charge is 1.92. The lowest BCUT2D eigenvalue weighted by molar-refractivity contribution is 0.674. The van der Waals surface area contributed by atoms with E-state index in [-0.39, 0.29) is 0 Å². The zero-order valence-corrected chi connectivity index (χ0v) is 14.1. The van der Waals surface area contributed by atoms with E-state index in [0.717, 1.165) is 0 Å². The molecular weight excluding hydrogens is 232 g/mol. The predicted molar refractivity (Wildman–Crippen MR) is 88.8 cm³/mol. The maximum absolute atomic E-state index is 2.49. The Kier molecular flexibility index (Phi) is 14.5. The molecule has 0 spiro atoms. The van der Waals surface area contributed by atoms with Crippen LogP contribution in [0, 0.1) is 0 Å². The fourth-order valence-electron chi connectivity index (χ4n) is 2.06. The largest absolute Gasteiger partial charge is 0.0977 e. The number of hydrogen-bond acceptors (Lipinski definition) is 0. The molecule has 0 aromatic heterocycles. The molecule has 0 aromatic rings. The van der Waals surface area contributed by atoms with Gasteiger partial charge < -0.3 is 0 Å². The third-order valence-electron chi connectivity index (χ3n) is 3.33. The molecule has 0 atom stereocenters. The second kappa shape index (κ2) is 14.8. The monoisotopic (exact) mass is 266 g/mol. The van der Waals surface area contributed by atoms with Gasteiger partial charge in [-0.25, -0.2) is 0 Å². The molecule has 0 unspecified atom stereocenters. The van der Waals surface area contributed by atoms with Crippen molar-refractivity contribution in [2.75, 3.05) is 0 Å². The van der Waals surface area contributed by atoms with Crippen molar-refractivity contribution in [1.29, 1.82) is 0 Å². The highest BCUT2D eigenvalue weighted by Crippen LogP contribution is 2.05. The molecular formula is C17H34Si. The van der Waals surface area contributed by atoms with Crippen LogP contribution in [0.1, 0.15) is 78.1 Å². The molecule has 106 valence electrons. The minimum atomic E-state index is -0.681.